The molecule has 0 atom stereocenters. The van der Waals surface area contributed by atoms with Gasteiger partial charge in [0.2, 0.25) is 0 Å². The highest BCUT2D eigenvalue weighted by Crippen LogP contribution is 2.30. The maximum absolute atomic E-state index is 13.4. The molecule has 1 amide bonds. The lowest BCUT2D eigenvalue weighted by molar-refractivity contribution is 0.0760. The van der Waals surface area contributed by atoms with Crippen molar-refractivity contribution in [2.75, 3.05) is 45.2 Å². The van der Waals surface area contributed by atoms with Gasteiger partial charge in [0, 0.05) is 63.0 Å². The number of carbonyl (C=O) groups is 1. The molecule has 27 heavy (non-hydrogen) atoms. The highest BCUT2D eigenvalue weighted by molar-refractivity contribution is 6.10. The van der Waals surface area contributed by atoms with Crippen LogP contribution in [0.5, 0.6) is 0 Å². The molecule has 0 aromatic heterocycles. The molecule has 2 aromatic carbocycles. The molecule has 0 N–H and O–H groups in total. The number of hydrogen-bond acceptors (Lipinski definition) is 3. The van der Waals surface area contributed by atoms with Gasteiger partial charge >= 0.3 is 0 Å². The summed E-state index contributed by atoms with van der Waals surface area (Å²) in [6, 6.07) is 13.1. The molecule has 1 heterocycles. The van der Waals surface area contributed by atoms with Gasteiger partial charge in [-0.15, -0.1) is 0 Å². The van der Waals surface area contributed by atoms with Crippen LogP contribution in [-0.2, 0) is 0 Å². The van der Waals surface area contributed by atoms with Crippen LogP contribution in [0.1, 0.15) is 42.5 Å². The molecule has 0 radical (unpaired) electrons. The second-order valence-electron chi connectivity index (χ2n) is 8.19. The van der Waals surface area contributed by atoms with Crippen LogP contribution in [0.2, 0.25) is 0 Å². The maximum atomic E-state index is 13.4. The van der Waals surface area contributed by atoms with Gasteiger partial charge in [0.1, 0.15) is 0 Å². The first kappa shape index (κ1) is 18.3. The topological polar surface area (TPSA) is 26.8 Å². The normalized spacial score (nSPS) is 19.4. The summed E-state index contributed by atoms with van der Waals surface area (Å²) in [6.07, 6.45) is 6.49. The van der Waals surface area contributed by atoms with Crippen LogP contribution in [0, 0.1) is 0 Å². The lowest BCUT2D eigenvalue weighted by Gasteiger charge is -2.27. The van der Waals surface area contributed by atoms with E-state index in [9.17, 15) is 4.79 Å². The highest BCUT2D eigenvalue weighted by atomic mass is 16.2. The zero-order valence-corrected chi connectivity index (χ0v) is 16.7. The Hall–Kier alpha value is -2.07. The van der Waals surface area contributed by atoms with Crippen molar-refractivity contribution in [1.29, 1.82) is 0 Å². The molecule has 4 rings (SSSR count). The molecule has 2 aromatic rings. The van der Waals surface area contributed by atoms with Gasteiger partial charge < -0.3 is 9.80 Å². The molecule has 4 heteroatoms. The SMILES string of the molecule is CN(C)c1ccc(C(=O)N2CCCN(C3CCCC3)CC2)c2ccccc12. The highest BCUT2D eigenvalue weighted by Gasteiger charge is 2.27. The minimum absolute atomic E-state index is 0.185. The van der Waals surface area contributed by atoms with E-state index in [1.54, 1.807) is 0 Å². The van der Waals surface area contributed by atoms with E-state index in [2.05, 4.69) is 53.1 Å². The number of rotatable bonds is 3. The summed E-state index contributed by atoms with van der Waals surface area (Å²) in [7, 11) is 4.10. The van der Waals surface area contributed by atoms with Crippen LogP contribution < -0.4 is 4.90 Å². The van der Waals surface area contributed by atoms with Crippen molar-refractivity contribution >= 4 is 22.4 Å². The van der Waals surface area contributed by atoms with Gasteiger partial charge in [-0.25, -0.2) is 0 Å². The van der Waals surface area contributed by atoms with Gasteiger partial charge in [-0.05, 0) is 36.8 Å². The number of nitrogens with zero attached hydrogens (tertiary/aromatic N) is 3. The van der Waals surface area contributed by atoms with Gasteiger partial charge in [0.15, 0.2) is 0 Å². The summed E-state index contributed by atoms with van der Waals surface area (Å²) >= 11 is 0. The molecule has 1 aliphatic carbocycles. The third-order valence-corrected chi connectivity index (χ3v) is 6.27. The third-order valence-electron chi connectivity index (χ3n) is 6.27. The number of carbonyl (C=O) groups excluding carboxylic acids is 1. The number of fused-ring (bicyclic) bond motifs is 1. The summed E-state index contributed by atoms with van der Waals surface area (Å²) in [5, 5.41) is 2.21. The first-order valence-electron chi connectivity index (χ1n) is 10.4. The van der Waals surface area contributed by atoms with Crippen LogP contribution in [0.4, 0.5) is 5.69 Å². The van der Waals surface area contributed by atoms with Gasteiger partial charge in [-0.1, -0.05) is 37.1 Å². The monoisotopic (exact) mass is 365 g/mol. The standard InChI is InChI=1S/C23H31N3O/c1-24(2)22-13-12-21(19-10-5-6-11-20(19)22)23(27)26-15-7-14-25(16-17-26)18-8-3-4-9-18/h5-6,10-13,18H,3-4,7-9,14-17H2,1-2H3. The molecule has 1 saturated heterocycles. The molecule has 1 saturated carbocycles. The van der Waals surface area contributed by atoms with Crippen LogP contribution in [0.25, 0.3) is 10.8 Å². The van der Waals surface area contributed by atoms with E-state index in [1.165, 1.54) is 25.7 Å². The Morgan fingerprint density at radius 1 is 0.889 bits per heavy atom. The summed E-state index contributed by atoms with van der Waals surface area (Å²) in [5.74, 6) is 0.185. The van der Waals surface area contributed by atoms with Crippen LogP contribution in [-0.4, -0.2) is 62.0 Å². The van der Waals surface area contributed by atoms with Gasteiger partial charge in [-0.2, -0.15) is 0 Å². The Bertz CT molecular complexity index is 810. The summed E-state index contributed by atoms with van der Waals surface area (Å²) in [6.45, 7) is 3.86. The Morgan fingerprint density at radius 3 is 2.37 bits per heavy atom. The first-order valence-corrected chi connectivity index (χ1v) is 10.4. The lowest BCUT2D eigenvalue weighted by atomic mass is 10.0. The summed E-state index contributed by atoms with van der Waals surface area (Å²) in [5.41, 5.74) is 2.00. The van der Waals surface area contributed by atoms with Crippen LogP contribution >= 0.6 is 0 Å². The number of benzene rings is 2. The predicted octanol–water partition coefficient (Wildman–Crippen LogP) is 4.00. The number of hydrogen-bond donors (Lipinski definition) is 0. The first-order chi connectivity index (χ1) is 13.1. The molecule has 144 valence electrons. The summed E-state index contributed by atoms with van der Waals surface area (Å²) < 4.78 is 0. The Balaban J connectivity index is 1.57. The number of amides is 1. The van der Waals surface area contributed by atoms with Crippen LogP contribution in [0.15, 0.2) is 36.4 Å². The lowest BCUT2D eigenvalue weighted by Crippen LogP contribution is -2.38. The molecular weight excluding hydrogens is 334 g/mol. The minimum Gasteiger partial charge on any atom is -0.377 e. The average Bonchev–Trinajstić information content (AvgIpc) is 3.11. The molecule has 0 spiro atoms. The molecule has 1 aliphatic heterocycles. The van der Waals surface area contributed by atoms with E-state index in [-0.39, 0.29) is 5.91 Å². The van der Waals surface area contributed by atoms with E-state index < -0.39 is 0 Å². The van der Waals surface area contributed by atoms with E-state index in [4.69, 9.17) is 0 Å². The van der Waals surface area contributed by atoms with Gasteiger partial charge in [0.25, 0.3) is 5.91 Å². The zero-order valence-electron chi connectivity index (χ0n) is 16.7. The van der Waals surface area contributed by atoms with Crippen molar-refractivity contribution < 1.29 is 4.79 Å². The van der Waals surface area contributed by atoms with Crippen molar-refractivity contribution in [1.82, 2.24) is 9.80 Å². The molecule has 2 aliphatic rings. The van der Waals surface area contributed by atoms with Crippen molar-refractivity contribution in [2.45, 2.75) is 38.1 Å². The molecule has 2 fully saturated rings. The van der Waals surface area contributed by atoms with Gasteiger partial charge in [-0.3, -0.25) is 9.69 Å². The van der Waals surface area contributed by atoms with Crippen molar-refractivity contribution in [3.63, 3.8) is 0 Å². The van der Waals surface area contributed by atoms with E-state index in [1.807, 2.05) is 12.1 Å². The maximum Gasteiger partial charge on any atom is 0.254 e. The Morgan fingerprint density at radius 2 is 1.63 bits per heavy atom. The number of anilines is 1. The minimum atomic E-state index is 0.185. The smallest absolute Gasteiger partial charge is 0.254 e. The molecule has 0 unspecified atom stereocenters. The van der Waals surface area contributed by atoms with Crippen molar-refractivity contribution in [3.05, 3.63) is 42.0 Å². The zero-order chi connectivity index (χ0) is 18.8. The summed E-state index contributed by atoms with van der Waals surface area (Å²) in [4.78, 5) is 20.2. The van der Waals surface area contributed by atoms with E-state index >= 15 is 0 Å². The van der Waals surface area contributed by atoms with E-state index in [0.717, 1.165) is 60.7 Å². The molecule has 0 bridgehead atoms. The van der Waals surface area contributed by atoms with Gasteiger partial charge in [0.05, 0.1) is 0 Å². The fourth-order valence-electron chi connectivity index (χ4n) is 4.81. The van der Waals surface area contributed by atoms with Crippen molar-refractivity contribution in [2.24, 2.45) is 0 Å². The average molecular weight is 366 g/mol. The fraction of sp³-hybridized carbons (Fsp3) is 0.522. The Labute approximate surface area is 162 Å². The largest absolute Gasteiger partial charge is 0.377 e. The Kier molecular flexibility index (Phi) is 5.35. The molecule has 4 nitrogen and oxygen atoms in total. The predicted molar refractivity (Wildman–Crippen MR) is 113 cm³/mol. The second kappa shape index (κ2) is 7.89. The fourth-order valence-corrected chi connectivity index (χ4v) is 4.81. The van der Waals surface area contributed by atoms with Crippen molar-refractivity contribution in [3.8, 4) is 0 Å². The van der Waals surface area contributed by atoms with E-state index in [0.29, 0.717) is 0 Å². The third kappa shape index (κ3) is 3.68. The quantitative estimate of drug-likeness (QED) is 0.823. The molecular formula is C23H31N3O. The van der Waals surface area contributed by atoms with Crippen LogP contribution in [0.3, 0.4) is 0 Å². The second-order valence-corrected chi connectivity index (χ2v) is 8.19.